The van der Waals surface area contributed by atoms with Crippen molar-refractivity contribution < 1.29 is 14.3 Å². The summed E-state index contributed by atoms with van der Waals surface area (Å²) in [5.41, 5.74) is 0.0190. The van der Waals surface area contributed by atoms with Crippen LogP contribution in [0.1, 0.15) is 44.5 Å². The van der Waals surface area contributed by atoms with Crippen LogP contribution < -0.4 is 4.74 Å². The molecule has 0 unspecified atom stereocenters. The minimum atomic E-state index is -0.448. The Labute approximate surface area is 102 Å². The number of carbonyl (C=O) groups is 2. The van der Waals surface area contributed by atoms with Crippen molar-refractivity contribution in [2.24, 2.45) is 5.41 Å². The Morgan fingerprint density at radius 2 is 1.82 bits per heavy atom. The molecule has 0 aliphatic carbocycles. The van der Waals surface area contributed by atoms with Gasteiger partial charge in [0.15, 0.2) is 5.78 Å². The predicted molar refractivity (Wildman–Crippen MR) is 66.2 cm³/mol. The van der Waals surface area contributed by atoms with Gasteiger partial charge in [0, 0.05) is 12.3 Å². The summed E-state index contributed by atoms with van der Waals surface area (Å²) >= 11 is 0. The highest BCUT2D eigenvalue weighted by atomic mass is 16.5. The lowest BCUT2D eigenvalue weighted by Gasteiger charge is -2.21. The Balaban J connectivity index is 3.13. The average Bonchev–Trinajstić information content (AvgIpc) is 2.28. The van der Waals surface area contributed by atoms with Crippen molar-refractivity contribution in [1.82, 2.24) is 0 Å². The first kappa shape index (κ1) is 13.4. The molecule has 17 heavy (non-hydrogen) atoms. The number of Topliss-reactive ketones (excluding diaryl/α,β-unsaturated/α-hetero) is 1. The van der Waals surface area contributed by atoms with Gasteiger partial charge in [0.25, 0.3) is 0 Å². The Morgan fingerprint density at radius 3 is 2.35 bits per heavy atom. The molecule has 0 heterocycles. The SMILES string of the molecule is CCC(C)(C)C(=O)c1ccccc1OC(C)=O. The third kappa shape index (κ3) is 3.16. The number of carbonyl (C=O) groups excluding carboxylic acids is 2. The molecule has 3 heteroatoms. The molecule has 1 rings (SSSR count). The molecule has 0 radical (unpaired) electrons. The lowest BCUT2D eigenvalue weighted by atomic mass is 9.82. The van der Waals surface area contributed by atoms with E-state index in [1.54, 1.807) is 24.3 Å². The lowest BCUT2D eigenvalue weighted by molar-refractivity contribution is -0.131. The van der Waals surface area contributed by atoms with Crippen molar-refractivity contribution in [1.29, 1.82) is 0 Å². The van der Waals surface area contributed by atoms with Crippen LogP contribution in [0.3, 0.4) is 0 Å². The summed E-state index contributed by atoms with van der Waals surface area (Å²) in [5.74, 6) is -0.0806. The Hall–Kier alpha value is -1.64. The maximum atomic E-state index is 12.3. The van der Waals surface area contributed by atoms with E-state index in [0.717, 1.165) is 6.42 Å². The van der Waals surface area contributed by atoms with Crippen molar-refractivity contribution in [2.45, 2.75) is 34.1 Å². The van der Waals surface area contributed by atoms with E-state index >= 15 is 0 Å². The van der Waals surface area contributed by atoms with Gasteiger partial charge in [-0.05, 0) is 18.6 Å². The van der Waals surface area contributed by atoms with Crippen LogP contribution in [0.25, 0.3) is 0 Å². The van der Waals surface area contributed by atoms with Crippen LogP contribution in [-0.2, 0) is 4.79 Å². The number of ether oxygens (including phenoxy) is 1. The van der Waals surface area contributed by atoms with E-state index in [4.69, 9.17) is 4.74 Å². The molecule has 0 saturated heterocycles. The van der Waals surface area contributed by atoms with Gasteiger partial charge in [0.2, 0.25) is 0 Å². The van der Waals surface area contributed by atoms with Crippen LogP contribution >= 0.6 is 0 Å². The Bertz CT molecular complexity index is 433. The van der Waals surface area contributed by atoms with Crippen molar-refractivity contribution >= 4 is 11.8 Å². The first-order chi connectivity index (χ1) is 7.88. The molecular formula is C14H18O3. The van der Waals surface area contributed by atoms with Crippen molar-refractivity contribution in [3.8, 4) is 5.75 Å². The van der Waals surface area contributed by atoms with Gasteiger partial charge in [-0.3, -0.25) is 9.59 Å². The molecule has 0 aromatic heterocycles. The summed E-state index contributed by atoms with van der Waals surface area (Å²) in [6.07, 6.45) is 0.736. The second-order valence-electron chi connectivity index (χ2n) is 4.66. The minimum Gasteiger partial charge on any atom is -0.426 e. The fourth-order valence-corrected chi connectivity index (χ4v) is 1.42. The van der Waals surface area contributed by atoms with Gasteiger partial charge >= 0.3 is 5.97 Å². The van der Waals surface area contributed by atoms with Gasteiger partial charge in [-0.1, -0.05) is 32.9 Å². The van der Waals surface area contributed by atoms with Gasteiger partial charge in [0.05, 0.1) is 5.56 Å². The average molecular weight is 234 g/mol. The number of para-hydroxylation sites is 1. The number of rotatable bonds is 4. The second kappa shape index (κ2) is 5.13. The standard InChI is InChI=1S/C14H18O3/c1-5-14(3,4)13(16)11-8-6-7-9-12(11)17-10(2)15/h6-9H,5H2,1-4H3. The fourth-order valence-electron chi connectivity index (χ4n) is 1.42. The van der Waals surface area contributed by atoms with E-state index in [2.05, 4.69) is 0 Å². The molecule has 0 aliphatic heterocycles. The largest absolute Gasteiger partial charge is 0.426 e. The summed E-state index contributed by atoms with van der Waals surface area (Å²) < 4.78 is 5.05. The minimum absolute atomic E-state index is 0.00292. The van der Waals surface area contributed by atoms with Gasteiger partial charge in [0.1, 0.15) is 5.75 Å². The molecule has 0 saturated carbocycles. The maximum Gasteiger partial charge on any atom is 0.308 e. The molecule has 0 amide bonds. The molecule has 92 valence electrons. The lowest BCUT2D eigenvalue weighted by Crippen LogP contribution is -2.24. The molecule has 0 bridgehead atoms. The zero-order valence-electron chi connectivity index (χ0n) is 10.7. The summed E-state index contributed by atoms with van der Waals surface area (Å²) in [5, 5.41) is 0. The molecule has 1 aromatic carbocycles. The zero-order valence-corrected chi connectivity index (χ0v) is 10.7. The van der Waals surface area contributed by atoms with Crippen LogP contribution in [0.2, 0.25) is 0 Å². The van der Waals surface area contributed by atoms with Crippen molar-refractivity contribution in [3.63, 3.8) is 0 Å². The number of hydrogen-bond acceptors (Lipinski definition) is 3. The maximum absolute atomic E-state index is 12.3. The van der Waals surface area contributed by atoms with E-state index in [0.29, 0.717) is 11.3 Å². The molecule has 1 aromatic rings. The normalized spacial score (nSPS) is 11.1. The molecule has 0 fully saturated rings. The molecule has 3 nitrogen and oxygen atoms in total. The topological polar surface area (TPSA) is 43.4 Å². The highest BCUT2D eigenvalue weighted by Gasteiger charge is 2.28. The molecule has 0 aliphatic rings. The van der Waals surface area contributed by atoms with Gasteiger partial charge in [-0.15, -0.1) is 0 Å². The molecule has 0 N–H and O–H groups in total. The van der Waals surface area contributed by atoms with Crippen LogP contribution in [0, 0.1) is 5.41 Å². The van der Waals surface area contributed by atoms with E-state index in [9.17, 15) is 9.59 Å². The monoisotopic (exact) mass is 234 g/mol. The molecular weight excluding hydrogens is 216 g/mol. The number of esters is 1. The van der Waals surface area contributed by atoms with Gasteiger partial charge < -0.3 is 4.74 Å². The number of hydrogen-bond donors (Lipinski definition) is 0. The summed E-state index contributed by atoms with van der Waals surface area (Å²) in [7, 11) is 0. The summed E-state index contributed by atoms with van der Waals surface area (Å²) in [6.45, 7) is 7.07. The van der Waals surface area contributed by atoms with E-state index in [1.807, 2.05) is 20.8 Å². The number of benzene rings is 1. The Kier molecular flexibility index (Phi) is 4.05. The van der Waals surface area contributed by atoms with E-state index in [1.165, 1.54) is 6.92 Å². The Morgan fingerprint density at radius 1 is 1.24 bits per heavy atom. The van der Waals surface area contributed by atoms with Crippen LogP contribution in [0.4, 0.5) is 0 Å². The fraction of sp³-hybridized carbons (Fsp3) is 0.429. The molecule has 0 atom stereocenters. The summed E-state index contributed by atoms with van der Waals surface area (Å²) in [6, 6.07) is 6.85. The smallest absolute Gasteiger partial charge is 0.308 e. The van der Waals surface area contributed by atoms with Crippen LogP contribution in [-0.4, -0.2) is 11.8 Å². The number of ketones is 1. The summed E-state index contributed by atoms with van der Waals surface area (Å²) in [4.78, 5) is 23.3. The van der Waals surface area contributed by atoms with Crippen molar-refractivity contribution in [3.05, 3.63) is 29.8 Å². The third-order valence-electron chi connectivity index (χ3n) is 2.88. The zero-order chi connectivity index (χ0) is 13.1. The van der Waals surface area contributed by atoms with E-state index < -0.39 is 11.4 Å². The third-order valence-corrected chi connectivity index (χ3v) is 2.88. The van der Waals surface area contributed by atoms with Gasteiger partial charge in [-0.25, -0.2) is 0 Å². The van der Waals surface area contributed by atoms with Crippen molar-refractivity contribution in [2.75, 3.05) is 0 Å². The highest BCUT2D eigenvalue weighted by molar-refractivity contribution is 6.02. The van der Waals surface area contributed by atoms with Crippen LogP contribution in [0.15, 0.2) is 24.3 Å². The molecule has 0 spiro atoms. The van der Waals surface area contributed by atoms with E-state index in [-0.39, 0.29) is 5.78 Å². The first-order valence-corrected chi connectivity index (χ1v) is 5.70. The predicted octanol–water partition coefficient (Wildman–Crippen LogP) is 3.23. The highest BCUT2D eigenvalue weighted by Crippen LogP contribution is 2.30. The second-order valence-corrected chi connectivity index (χ2v) is 4.66. The van der Waals surface area contributed by atoms with Gasteiger partial charge in [-0.2, -0.15) is 0 Å². The first-order valence-electron chi connectivity index (χ1n) is 5.70. The quantitative estimate of drug-likeness (QED) is 0.456. The van der Waals surface area contributed by atoms with Crippen LogP contribution in [0.5, 0.6) is 5.75 Å².